The molecule has 1 aromatic heterocycles. The highest BCUT2D eigenvalue weighted by Gasteiger charge is 2.57. The number of methoxy groups -OCH3 is 2. The number of esters is 1. The summed E-state index contributed by atoms with van der Waals surface area (Å²) in [7, 11) is 2.92. The van der Waals surface area contributed by atoms with E-state index in [1.807, 2.05) is 42.0 Å². The van der Waals surface area contributed by atoms with E-state index in [9.17, 15) is 9.18 Å². The van der Waals surface area contributed by atoms with Crippen molar-refractivity contribution >= 4 is 33.8 Å². The molecule has 10 heteroatoms. The predicted molar refractivity (Wildman–Crippen MR) is 135 cm³/mol. The number of aryl methyl sites for hydroxylation is 1. The molecule has 1 unspecified atom stereocenters. The molecule has 2 aliphatic heterocycles. The van der Waals surface area contributed by atoms with Gasteiger partial charge in [-0.25, -0.2) is 14.2 Å². The number of rotatable bonds is 5. The Hall–Kier alpha value is -3.66. The fraction of sp³-hybridized carbons (Fsp3) is 0.269. The molecule has 0 bridgehead atoms. The molecule has 1 saturated heterocycles. The van der Waals surface area contributed by atoms with E-state index in [0.29, 0.717) is 28.2 Å². The van der Waals surface area contributed by atoms with Gasteiger partial charge < -0.3 is 23.8 Å². The van der Waals surface area contributed by atoms with Crippen molar-refractivity contribution in [3.05, 3.63) is 81.6 Å². The molecule has 8 nitrogen and oxygen atoms in total. The second-order valence-electron chi connectivity index (χ2n) is 8.54. The summed E-state index contributed by atoms with van der Waals surface area (Å²) < 4.78 is 26.9. The van der Waals surface area contributed by atoms with Crippen molar-refractivity contribution in [3.63, 3.8) is 0 Å². The summed E-state index contributed by atoms with van der Waals surface area (Å²) in [4.78, 5) is 25.1. The SMILES string of the molecule is COC(=O)C1(c2ccc(F)cc2Br)ON=C2C(=Cc3ccc(-n4cnc(C)c4)c(OC)c3)CCCN21. The zero-order valence-corrected chi connectivity index (χ0v) is 21.6. The molecule has 2 aliphatic rings. The molecule has 186 valence electrons. The Morgan fingerprint density at radius 3 is 2.78 bits per heavy atom. The number of hydrogen-bond acceptors (Lipinski definition) is 7. The molecule has 0 radical (unpaired) electrons. The number of ether oxygens (including phenoxy) is 2. The van der Waals surface area contributed by atoms with E-state index in [-0.39, 0.29) is 0 Å². The summed E-state index contributed by atoms with van der Waals surface area (Å²) in [5.74, 6) is 0.151. The van der Waals surface area contributed by atoms with Crippen LogP contribution < -0.4 is 4.74 Å². The normalized spacial score (nSPS) is 20.1. The number of amidine groups is 1. The molecule has 3 aromatic rings. The Morgan fingerprint density at radius 1 is 1.25 bits per heavy atom. The second kappa shape index (κ2) is 9.42. The van der Waals surface area contributed by atoms with Crippen molar-refractivity contribution in [2.24, 2.45) is 5.16 Å². The number of imidazole rings is 1. The molecular weight excluding hydrogens is 531 g/mol. The molecule has 0 saturated carbocycles. The van der Waals surface area contributed by atoms with Crippen molar-refractivity contribution in [1.82, 2.24) is 14.5 Å². The Morgan fingerprint density at radius 2 is 2.08 bits per heavy atom. The van der Waals surface area contributed by atoms with Gasteiger partial charge in [-0.05, 0) is 67.3 Å². The van der Waals surface area contributed by atoms with Crippen molar-refractivity contribution in [2.75, 3.05) is 20.8 Å². The number of carbonyl (C=O) groups excluding carboxylic acids is 1. The summed E-state index contributed by atoms with van der Waals surface area (Å²) in [6.45, 7) is 2.44. The van der Waals surface area contributed by atoms with Gasteiger partial charge in [-0.2, -0.15) is 0 Å². The highest BCUT2D eigenvalue weighted by atomic mass is 79.9. The summed E-state index contributed by atoms with van der Waals surface area (Å²) >= 11 is 3.38. The topological polar surface area (TPSA) is 78.2 Å². The molecule has 0 amide bonds. The number of nitrogens with zero attached hydrogens (tertiary/aromatic N) is 4. The van der Waals surface area contributed by atoms with Crippen LogP contribution in [-0.4, -0.2) is 47.0 Å². The number of halogens is 2. The summed E-state index contributed by atoms with van der Waals surface area (Å²) in [5.41, 5.74) is 2.35. The number of carbonyl (C=O) groups is 1. The number of hydrogen-bond donors (Lipinski definition) is 0. The fourth-order valence-electron chi connectivity index (χ4n) is 4.63. The first kappa shape index (κ1) is 24.1. The third-order valence-corrected chi connectivity index (χ3v) is 6.96. The van der Waals surface area contributed by atoms with Crippen LogP contribution in [-0.2, 0) is 20.1 Å². The van der Waals surface area contributed by atoms with Gasteiger partial charge in [0.05, 0.1) is 31.9 Å². The Bertz CT molecular complexity index is 1400. The average Bonchev–Trinajstić information content (AvgIpc) is 3.48. The number of benzene rings is 2. The highest BCUT2D eigenvalue weighted by molar-refractivity contribution is 9.10. The standard InChI is InChI=1S/C26H24BrFN4O4/c1-16-14-31(15-29-16)22-9-6-17(12-23(22)34-2)11-18-5-4-10-32-24(18)30-36-26(32,25(33)35-3)20-8-7-19(28)13-21(20)27/h6-9,11-15H,4-5,10H2,1-3H3. The Kier molecular flexibility index (Phi) is 6.29. The molecule has 0 aliphatic carbocycles. The molecule has 3 heterocycles. The average molecular weight is 555 g/mol. The van der Waals surface area contributed by atoms with Crippen LogP contribution in [0.25, 0.3) is 11.8 Å². The zero-order valence-electron chi connectivity index (χ0n) is 20.0. The maximum atomic E-state index is 13.8. The molecule has 0 spiro atoms. The summed E-state index contributed by atoms with van der Waals surface area (Å²) in [5, 5.41) is 4.32. The van der Waals surface area contributed by atoms with Gasteiger partial charge in [-0.15, -0.1) is 0 Å². The van der Waals surface area contributed by atoms with Crippen LogP contribution >= 0.6 is 15.9 Å². The molecule has 1 fully saturated rings. The largest absolute Gasteiger partial charge is 0.495 e. The second-order valence-corrected chi connectivity index (χ2v) is 9.40. The van der Waals surface area contributed by atoms with Crippen LogP contribution in [0.3, 0.4) is 0 Å². The molecule has 1 atom stereocenters. The quantitative estimate of drug-likeness (QED) is 0.416. The lowest BCUT2D eigenvalue weighted by molar-refractivity contribution is -0.186. The molecule has 36 heavy (non-hydrogen) atoms. The van der Waals surface area contributed by atoms with Crippen LogP contribution in [0, 0.1) is 12.7 Å². The first-order valence-corrected chi connectivity index (χ1v) is 12.1. The van der Waals surface area contributed by atoms with Gasteiger partial charge in [0.15, 0.2) is 5.84 Å². The third kappa shape index (κ3) is 3.95. The minimum Gasteiger partial charge on any atom is -0.495 e. The van der Waals surface area contributed by atoms with E-state index in [0.717, 1.165) is 35.4 Å². The van der Waals surface area contributed by atoms with Gasteiger partial charge in [0, 0.05) is 22.8 Å². The lowest BCUT2D eigenvalue weighted by Crippen LogP contribution is -2.54. The Labute approximate surface area is 216 Å². The number of aromatic nitrogens is 2. The van der Waals surface area contributed by atoms with Crippen molar-refractivity contribution in [2.45, 2.75) is 25.5 Å². The van der Waals surface area contributed by atoms with Crippen LogP contribution in [0.4, 0.5) is 4.39 Å². The van der Waals surface area contributed by atoms with Crippen LogP contribution in [0.15, 0.2) is 64.1 Å². The monoisotopic (exact) mass is 554 g/mol. The lowest BCUT2D eigenvalue weighted by atomic mass is 9.94. The van der Waals surface area contributed by atoms with Crippen LogP contribution in [0.2, 0.25) is 0 Å². The van der Waals surface area contributed by atoms with Gasteiger partial charge >= 0.3 is 11.7 Å². The molecular formula is C26H24BrFN4O4. The minimum atomic E-state index is -1.66. The van der Waals surface area contributed by atoms with E-state index in [2.05, 4.69) is 26.1 Å². The number of fused-ring (bicyclic) bond motifs is 1. The molecule has 5 rings (SSSR count). The first-order chi connectivity index (χ1) is 17.4. The van der Waals surface area contributed by atoms with Gasteiger partial charge in [0.2, 0.25) is 0 Å². The van der Waals surface area contributed by atoms with Crippen molar-refractivity contribution in [3.8, 4) is 11.4 Å². The third-order valence-electron chi connectivity index (χ3n) is 6.31. The minimum absolute atomic E-state index is 0.385. The predicted octanol–water partition coefficient (Wildman–Crippen LogP) is 4.94. The lowest BCUT2D eigenvalue weighted by Gasteiger charge is -2.38. The van der Waals surface area contributed by atoms with Crippen LogP contribution in [0.5, 0.6) is 5.75 Å². The summed E-state index contributed by atoms with van der Waals surface area (Å²) in [6, 6.07) is 9.97. The highest BCUT2D eigenvalue weighted by Crippen LogP contribution is 2.44. The molecule has 0 N–H and O–H groups in total. The van der Waals surface area contributed by atoms with Gasteiger partial charge in [0.25, 0.3) is 0 Å². The van der Waals surface area contributed by atoms with Gasteiger partial charge in [-0.1, -0.05) is 27.2 Å². The van der Waals surface area contributed by atoms with Gasteiger partial charge in [-0.3, -0.25) is 0 Å². The van der Waals surface area contributed by atoms with E-state index >= 15 is 0 Å². The number of oxime groups is 1. The van der Waals surface area contributed by atoms with Gasteiger partial charge in [0.1, 0.15) is 11.6 Å². The zero-order chi connectivity index (χ0) is 25.4. The smallest absolute Gasteiger partial charge is 0.380 e. The maximum Gasteiger partial charge on any atom is 0.380 e. The maximum absolute atomic E-state index is 13.8. The summed E-state index contributed by atoms with van der Waals surface area (Å²) in [6.07, 6.45) is 7.18. The first-order valence-electron chi connectivity index (χ1n) is 11.3. The Balaban J connectivity index is 1.52. The van der Waals surface area contributed by atoms with Crippen molar-refractivity contribution < 1.29 is 23.5 Å². The fourth-order valence-corrected chi connectivity index (χ4v) is 5.25. The number of piperidine rings is 1. The van der Waals surface area contributed by atoms with E-state index in [1.165, 1.54) is 25.3 Å². The van der Waals surface area contributed by atoms with Crippen molar-refractivity contribution in [1.29, 1.82) is 0 Å². The van der Waals surface area contributed by atoms with E-state index < -0.39 is 17.5 Å². The van der Waals surface area contributed by atoms with E-state index in [4.69, 9.17) is 14.3 Å². The van der Waals surface area contributed by atoms with E-state index in [1.54, 1.807) is 18.3 Å². The van der Waals surface area contributed by atoms with Crippen LogP contribution in [0.1, 0.15) is 29.7 Å². The molecule has 2 aromatic carbocycles.